The first kappa shape index (κ1) is 16.7. The lowest BCUT2D eigenvalue weighted by atomic mass is 10.2. The Morgan fingerprint density at radius 2 is 1.74 bits per heavy atom. The van der Waals surface area contributed by atoms with Gasteiger partial charge in [-0.05, 0) is 12.1 Å². The zero-order chi connectivity index (χ0) is 18.8. The summed E-state index contributed by atoms with van der Waals surface area (Å²) in [6.45, 7) is -0.116. The fourth-order valence-corrected chi connectivity index (χ4v) is 2.86. The molecule has 0 saturated heterocycles. The molecular formula is C20H17N5O2. The van der Waals surface area contributed by atoms with E-state index in [9.17, 15) is 9.59 Å². The number of benzene rings is 2. The average Bonchev–Trinajstić information content (AvgIpc) is 3.03. The lowest BCUT2D eigenvalue weighted by Crippen LogP contribution is -2.33. The average molecular weight is 359 g/mol. The maximum atomic E-state index is 12.7. The van der Waals surface area contributed by atoms with Gasteiger partial charge in [-0.3, -0.25) is 9.36 Å². The van der Waals surface area contributed by atoms with Gasteiger partial charge < -0.3 is 9.88 Å². The highest BCUT2D eigenvalue weighted by Crippen LogP contribution is 2.17. The van der Waals surface area contributed by atoms with Crippen LogP contribution in [0.5, 0.6) is 0 Å². The minimum Gasteiger partial charge on any atom is -0.314 e. The number of nitrogens with one attached hydrogen (secondary N) is 1. The fraction of sp³-hybridized carbons (Fsp3) is 0.100. The van der Waals surface area contributed by atoms with E-state index in [1.165, 1.54) is 9.47 Å². The molecule has 1 amide bonds. The van der Waals surface area contributed by atoms with Crippen molar-refractivity contribution in [3.8, 4) is 11.4 Å². The molecule has 0 radical (unpaired) electrons. The third-order valence-corrected chi connectivity index (χ3v) is 4.35. The zero-order valence-corrected chi connectivity index (χ0v) is 14.7. The van der Waals surface area contributed by atoms with Crippen molar-refractivity contribution in [2.45, 2.75) is 6.54 Å². The number of likely N-dealkylation sites (N-methyl/N-ethyl adjacent to an activating group) is 1. The highest BCUT2D eigenvalue weighted by atomic mass is 16.2. The SMILES string of the molecule is CN(C(=O)Cn1c(=O)[nH]c2cnc(-c3ccccc3)nc21)c1ccccc1. The Kier molecular flexibility index (Phi) is 4.25. The van der Waals surface area contributed by atoms with Gasteiger partial charge in [0.2, 0.25) is 5.91 Å². The van der Waals surface area contributed by atoms with E-state index in [0.29, 0.717) is 17.0 Å². The van der Waals surface area contributed by atoms with Gasteiger partial charge in [0.05, 0.1) is 6.20 Å². The summed E-state index contributed by atoms with van der Waals surface area (Å²) in [7, 11) is 1.68. The van der Waals surface area contributed by atoms with Gasteiger partial charge in [0.25, 0.3) is 0 Å². The number of aromatic amines is 1. The smallest absolute Gasteiger partial charge is 0.314 e. The first-order chi connectivity index (χ1) is 13.1. The number of imidazole rings is 1. The number of carbonyl (C=O) groups excluding carboxylic acids is 1. The molecule has 0 atom stereocenters. The maximum absolute atomic E-state index is 12.7. The van der Waals surface area contributed by atoms with Gasteiger partial charge in [-0.1, -0.05) is 48.5 Å². The van der Waals surface area contributed by atoms with Crippen molar-refractivity contribution < 1.29 is 4.79 Å². The summed E-state index contributed by atoms with van der Waals surface area (Å²) >= 11 is 0. The topological polar surface area (TPSA) is 83.9 Å². The molecule has 27 heavy (non-hydrogen) atoms. The van der Waals surface area contributed by atoms with Crippen molar-refractivity contribution >= 4 is 22.8 Å². The summed E-state index contributed by atoms with van der Waals surface area (Å²) in [5, 5.41) is 0. The van der Waals surface area contributed by atoms with Crippen LogP contribution in [0.3, 0.4) is 0 Å². The van der Waals surface area contributed by atoms with E-state index < -0.39 is 0 Å². The minimum atomic E-state index is -0.390. The summed E-state index contributed by atoms with van der Waals surface area (Å²) < 4.78 is 1.34. The third kappa shape index (κ3) is 3.22. The van der Waals surface area contributed by atoms with Crippen LogP contribution >= 0.6 is 0 Å². The molecule has 0 aliphatic carbocycles. The second-order valence-electron chi connectivity index (χ2n) is 6.10. The van der Waals surface area contributed by atoms with Gasteiger partial charge in [0.15, 0.2) is 11.5 Å². The van der Waals surface area contributed by atoms with Crippen LogP contribution in [0.2, 0.25) is 0 Å². The van der Waals surface area contributed by atoms with Crippen LogP contribution in [0.15, 0.2) is 71.7 Å². The highest BCUT2D eigenvalue weighted by molar-refractivity contribution is 5.93. The van der Waals surface area contributed by atoms with Crippen LogP contribution in [0.4, 0.5) is 5.69 Å². The molecule has 0 saturated carbocycles. The number of hydrogen-bond donors (Lipinski definition) is 1. The Labute approximate surface area is 154 Å². The molecule has 0 aliphatic rings. The molecule has 0 fully saturated rings. The van der Waals surface area contributed by atoms with Crippen molar-refractivity contribution in [2.24, 2.45) is 0 Å². The van der Waals surface area contributed by atoms with E-state index >= 15 is 0 Å². The minimum absolute atomic E-state index is 0.116. The molecule has 2 heterocycles. The lowest BCUT2D eigenvalue weighted by molar-refractivity contribution is -0.118. The molecule has 7 nitrogen and oxygen atoms in total. The number of hydrogen-bond acceptors (Lipinski definition) is 4. The third-order valence-electron chi connectivity index (χ3n) is 4.35. The van der Waals surface area contributed by atoms with E-state index in [1.807, 2.05) is 60.7 Å². The monoisotopic (exact) mass is 359 g/mol. The van der Waals surface area contributed by atoms with Crippen molar-refractivity contribution in [1.82, 2.24) is 19.5 Å². The first-order valence-corrected chi connectivity index (χ1v) is 8.46. The summed E-state index contributed by atoms with van der Waals surface area (Å²) in [4.78, 5) is 38.0. The largest absolute Gasteiger partial charge is 0.328 e. The molecule has 4 rings (SSSR count). The Hall–Kier alpha value is -3.74. The fourth-order valence-electron chi connectivity index (χ4n) is 2.86. The van der Waals surface area contributed by atoms with Crippen LogP contribution < -0.4 is 10.6 Å². The van der Waals surface area contributed by atoms with E-state index in [-0.39, 0.29) is 18.1 Å². The summed E-state index contributed by atoms with van der Waals surface area (Å²) in [5.74, 6) is 0.281. The van der Waals surface area contributed by atoms with Gasteiger partial charge in [0.1, 0.15) is 12.1 Å². The number of rotatable bonds is 4. The van der Waals surface area contributed by atoms with E-state index in [0.717, 1.165) is 11.3 Å². The number of amides is 1. The zero-order valence-electron chi connectivity index (χ0n) is 14.7. The van der Waals surface area contributed by atoms with Crippen LogP contribution in [0, 0.1) is 0 Å². The number of carbonyl (C=O) groups is 1. The van der Waals surface area contributed by atoms with Gasteiger partial charge in [0, 0.05) is 18.3 Å². The molecule has 134 valence electrons. The summed E-state index contributed by atoms with van der Waals surface area (Å²) in [5.41, 5.74) is 2.11. The molecule has 0 bridgehead atoms. The molecular weight excluding hydrogens is 342 g/mol. The predicted molar refractivity (Wildman–Crippen MR) is 103 cm³/mol. The Morgan fingerprint density at radius 3 is 2.44 bits per heavy atom. The second-order valence-corrected chi connectivity index (χ2v) is 6.10. The molecule has 4 aromatic rings. The Bertz CT molecular complexity index is 1150. The normalized spacial score (nSPS) is 10.9. The number of nitrogens with zero attached hydrogens (tertiary/aromatic N) is 4. The molecule has 2 aromatic heterocycles. The van der Waals surface area contributed by atoms with Crippen molar-refractivity contribution in [3.63, 3.8) is 0 Å². The molecule has 0 spiro atoms. The van der Waals surface area contributed by atoms with Crippen molar-refractivity contribution in [1.29, 1.82) is 0 Å². The van der Waals surface area contributed by atoms with E-state index in [4.69, 9.17) is 0 Å². The number of fused-ring (bicyclic) bond motifs is 1. The standard InChI is InChI=1S/C20H17N5O2/c1-24(15-10-6-3-7-11-15)17(26)13-25-19-16(22-20(25)27)12-21-18(23-19)14-8-4-2-5-9-14/h2-12H,13H2,1H3,(H,22,27). The molecule has 1 N–H and O–H groups in total. The quantitative estimate of drug-likeness (QED) is 0.607. The number of anilines is 1. The predicted octanol–water partition coefficient (Wildman–Crippen LogP) is 2.45. The van der Waals surface area contributed by atoms with Gasteiger partial charge in [-0.25, -0.2) is 14.8 Å². The van der Waals surface area contributed by atoms with Gasteiger partial charge in [-0.2, -0.15) is 0 Å². The summed E-state index contributed by atoms with van der Waals surface area (Å²) in [6.07, 6.45) is 1.56. The molecule has 2 aromatic carbocycles. The van der Waals surface area contributed by atoms with Gasteiger partial charge >= 0.3 is 5.69 Å². The second kappa shape index (κ2) is 6.87. The van der Waals surface area contributed by atoms with Gasteiger partial charge in [-0.15, -0.1) is 0 Å². The molecule has 7 heteroatoms. The number of aromatic nitrogens is 4. The summed E-state index contributed by atoms with van der Waals surface area (Å²) in [6, 6.07) is 18.8. The maximum Gasteiger partial charge on any atom is 0.328 e. The number of H-pyrrole nitrogens is 1. The van der Waals surface area contributed by atoms with Crippen LogP contribution in [-0.2, 0) is 11.3 Å². The Morgan fingerprint density at radius 1 is 1.07 bits per heavy atom. The van der Waals surface area contributed by atoms with Crippen LogP contribution in [0.25, 0.3) is 22.6 Å². The number of para-hydroxylation sites is 1. The first-order valence-electron chi connectivity index (χ1n) is 8.46. The van der Waals surface area contributed by atoms with Crippen molar-refractivity contribution in [3.05, 3.63) is 77.3 Å². The van der Waals surface area contributed by atoms with Crippen LogP contribution in [-0.4, -0.2) is 32.5 Å². The van der Waals surface area contributed by atoms with Crippen LogP contribution in [0.1, 0.15) is 0 Å². The van der Waals surface area contributed by atoms with E-state index in [1.54, 1.807) is 13.2 Å². The highest BCUT2D eigenvalue weighted by Gasteiger charge is 2.17. The lowest BCUT2D eigenvalue weighted by Gasteiger charge is -2.17. The Balaban J connectivity index is 1.70. The van der Waals surface area contributed by atoms with Crippen molar-refractivity contribution in [2.75, 3.05) is 11.9 Å². The van der Waals surface area contributed by atoms with E-state index in [2.05, 4.69) is 15.0 Å². The molecule has 0 aliphatic heterocycles. The molecule has 0 unspecified atom stereocenters.